The lowest BCUT2D eigenvalue weighted by Crippen LogP contribution is -2.44. The second-order valence-corrected chi connectivity index (χ2v) is 8.69. The molecule has 1 aromatic heterocycles. The summed E-state index contributed by atoms with van der Waals surface area (Å²) in [5.41, 5.74) is 4.77. The highest BCUT2D eigenvalue weighted by Gasteiger charge is 2.20. The normalized spacial score (nSPS) is 14.1. The van der Waals surface area contributed by atoms with Crippen LogP contribution in [0, 0.1) is 0 Å². The van der Waals surface area contributed by atoms with Gasteiger partial charge in [-0.1, -0.05) is 18.2 Å². The Kier molecular flexibility index (Phi) is 6.50. The van der Waals surface area contributed by atoms with Crippen molar-refractivity contribution in [3.8, 4) is 22.7 Å². The maximum absolute atomic E-state index is 13.4. The number of benzene rings is 3. The van der Waals surface area contributed by atoms with Gasteiger partial charge in [0, 0.05) is 49.3 Å². The van der Waals surface area contributed by atoms with Gasteiger partial charge in [-0.2, -0.15) is 5.10 Å². The molecule has 1 N–H and O–H groups in total. The van der Waals surface area contributed by atoms with Crippen LogP contribution in [0.1, 0.15) is 10.4 Å². The number of hydrogen-bond acceptors (Lipinski definition) is 5. The fraction of sp³-hybridized carbons (Fsp3) is 0.214. The van der Waals surface area contributed by atoms with Gasteiger partial charge in [0.1, 0.15) is 11.4 Å². The van der Waals surface area contributed by atoms with Crippen molar-refractivity contribution in [2.24, 2.45) is 0 Å². The SMILES string of the molecule is COc1ccc(-c2nn(-c3ccccc3)cc2C(=O)Nc2ccc(N3CCN(C)CC3)cc2)cc1. The Balaban J connectivity index is 1.40. The number of anilines is 2. The van der Waals surface area contributed by atoms with E-state index < -0.39 is 0 Å². The molecule has 0 atom stereocenters. The van der Waals surface area contributed by atoms with Crippen LogP contribution in [-0.2, 0) is 0 Å². The molecule has 2 heterocycles. The highest BCUT2D eigenvalue weighted by atomic mass is 16.5. The number of nitrogens with one attached hydrogen (secondary N) is 1. The quantitative estimate of drug-likeness (QED) is 0.451. The van der Waals surface area contributed by atoms with E-state index in [2.05, 4.69) is 34.3 Å². The number of amides is 1. The number of rotatable bonds is 6. The van der Waals surface area contributed by atoms with Crippen molar-refractivity contribution >= 4 is 17.3 Å². The van der Waals surface area contributed by atoms with Crippen LogP contribution in [0.3, 0.4) is 0 Å². The van der Waals surface area contributed by atoms with E-state index in [9.17, 15) is 4.79 Å². The van der Waals surface area contributed by atoms with E-state index in [4.69, 9.17) is 9.84 Å². The molecule has 5 rings (SSSR count). The van der Waals surface area contributed by atoms with Crippen LogP contribution in [0.4, 0.5) is 11.4 Å². The van der Waals surface area contributed by atoms with E-state index in [0.717, 1.165) is 48.9 Å². The number of likely N-dealkylation sites (N-methyl/N-ethyl adjacent to an activating group) is 1. The Morgan fingerprint density at radius 2 is 1.54 bits per heavy atom. The molecule has 4 aromatic rings. The first kappa shape index (κ1) is 22.7. The molecule has 1 amide bonds. The van der Waals surface area contributed by atoms with E-state index in [1.54, 1.807) is 18.0 Å². The zero-order valence-corrected chi connectivity index (χ0v) is 20.0. The molecular weight excluding hydrogens is 438 g/mol. The summed E-state index contributed by atoms with van der Waals surface area (Å²) in [6, 6.07) is 25.4. The second-order valence-electron chi connectivity index (χ2n) is 8.69. The van der Waals surface area contributed by atoms with Gasteiger partial charge in [-0.3, -0.25) is 4.79 Å². The molecule has 1 aliphatic heterocycles. The van der Waals surface area contributed by atoms with Crippen LogP contribution >= 0.6 is 0 Å². The Hall–Kier alpha value is -4.10. The van der Waals surface area contributed by atoms with E-state index in [1.807, 2.05) is 66.7 Å². The third-order valence-electron chi connectivity index (χ3n) is 6.34. The van der Waals surface area contributed by atoms with Crippen LogP contribution in [0.5, 0.6) is 5.75 Å². The zero-order valence-electron chi connectivity index (χ0n) is 20.0. The van der Waals surface area contributed by atoms with Crippen molar-refractivity contribution < 1.29 is 9.53 Å². The van der Waals surface area contributed by atoms with Crippen molar-refractivity contribution in [1.82, 2.24) is 14.7 Å². The average Bonchev–Trinajstić information content (AvgIpc) is 3.36. The summed E-state index contributed by atoms with van der Waals surface area (Å²) in [5.74, 6) is 0.549. The third-order valence-corrected chi connectivity index (χ3v) is 6.34. The molecule has 35 heavy (non-hydrogen) atoms. The van der Waals surface area contributed by atoms with E-state index >= 15 is 0 Å². The number of ether oxygens (including phenoxy) is 1. The molecule has 0 radical (unpaired) electrons. The molecule has 1 fully saturated rings. The lowest BCUT2D eigenvalue weighted by molar-refractivity contribution is 0.102. The predicted molar refractivity (Wildman–Crippen MR) is 140 cm³/mol. The number of hydrogen-bond donors (Lipinski definition) is 1. The van der Waals surface area contributed by atoms with E-state index in [-0.39, 0.29) is 5.91 Å². The van der Waals surface area contributed by atoms with Gasteiger partial charge in [0.2, 0.25) is 0 Å². The Labute approximate surface area is 205 Å². The third kappa shape index (κ3) is 5.05. The molecular formula is C28H29N5O2. The number of methoxy groups -OCH3 is 1. The number of nitrogens with zero attached hydrogens (tertiary/aromatic N) is 4. The number of piperazine rings is 1. The van der Waals surface area contributed by atoms with Gasteiger partial charge in [0.15, 0.2) is 0 Å². The Bertz CT molecular complexity index is 1280. The fourth-order valence-electron chi connectivity index (χ4n) is 4.23. The lowest BCUT2D eigenvalue weighted by atomic mass is 10.1. The minimum atomic E-state index is -0.203. The summed E-state index contributed by atoms with van der Waals surface area (Å²) in [5, 5.41) is 7.80. The lowest BCUT2D eigenvalue weighted by Gasteiger charge is -2.34. The molecule has 0 spiro atoms. The van der Waals surface area contributed by atoms with E-state index in [0.29, 0.717) is 11.3 Å². The fourth-order valence-corrected chi connectivity index (χ4v) is 4.23. The summed E-state index contributed by atoms with van der Waals surface area (Å²) in [7, 11) is 3.78. The van der Waals surface area contributed by atoms with Gasteiger partial charge in [-0.25, -0.2) is 4.68 Å². The topological polar surface area (TPSA) is 62.6 Å². The molecule has 7 nitrogen and oxygen atoms in total. The molecule has 0 bridgehead atoms. The van der Waals surface area contributed by atoms with Crippen LogP contribution in [0.15, 0.2) is 85.1 Å². The minimum Gasteiger partial charge on any atom is -0.497 e. The Morgan fingerprint density at radius 3 is 2.20 bits per heavy atom. The van der Waals surface area contributed by atoms with Crippen LogP contribution < -0.4 is 15.0 Å². The summed E-state index contributed by atoms with van der Waals surface area (Å²) in [4.78, 5) is 18.1. The number of para-hydroxylation sites is 1. The standard InChI is InChI=1S/C28H29N5O2/c1-31-16-18-32(19-17-31)23-12-10-22(11-13-23)29-28(34)26-20-33(24-6-4-3-5-7-24)30-27(26)21-8-14-25(35-2)15-9-21/h3-15,20H,16-19H2,1-2H3,(H,29,34). The highest BCUT2D eigenvalue weighted by Crippen LogP contribution is 2.27. The molecule has 0 saturated carbocycles. The van der Waals surface area contributed by atoms with Gasteiger partial charge < -0.3 is 19.9 Å². The number of carbonyl (C=O) groups excluding carboxylic acids is 1. The minimum absolute atomic E-state index is 0.203. The number of aromatic nitrogens is 2. The maximum atomic E-state index is 13.4. The molecule has 178 valence electrons. The van der Waals surface area contributed by atoms with E-state index in [1.165, 1.54) is 5.69 Å². The smallest absolute Gasteiger partial charge is 0.259 e. The molecule has 7 heteroatoms. The first-order valence-corrected chi connectivity index (χ1v) is 11.7. The zero-order chi connectivity index (χ0) is 24.2. The first-order chi connectivity index (χ1) is 17.1. The first-order valence-electron chi connectivity index (χ1n) is 11.7. The van der Waals surface area contributed by atoms with Gasteiger partial charge in [0.25, 0.3) is 5.91 Å². The van der Waals surface area contributed by atoms with Crippen LogP contribution in [0.2, 0.25) is 0 Å². The molecule has 1 saturated heterocycles. The van der Waals surface area contributed by atoms with Crippen molar-refractivity contribution in [3.63, 3.8) is 0 Å². The largest absolute Gasteiger partial charge is 0.497 e. The van der Waals surface area contributed by atoms with Crippen molar-refractivity contribution in [2.45, 2.75) is 0 Å². The monoisotopic (exact) mass is 467 g/mol. The second kappa shape index (κ2) is 10.0. The summed E-state index contributed by atoms with van der Waals surface area (Å²) in [6.45, 7) is 4.12. The molecule has 0 aliphatic carbocycles. The summed E-state index contributed by atoms with van der Waals surface area (Å²) >= 11 is 0. The van der Waals surface area contributed by atoms with Crippen molar-refractivity contribution in [3.05, 3.63) is 90.6 Å². The molecule has 3 aromatic carbocycles. The molecule has 0 unspecified atom stereocenters. The van der Waals surface area contributed by atoms with Crippen LogP contribution in [0.25, 0.3) is 16.9 Å². The van der Waals surface area contributed by atoms with Gasteiger partial charge in [-0.15, -0.1) is 0 Å². The maximum Gasteiger partial charge on any atom is 0.259 e. The van der Waals surface area contributed by atoms with Gasteiger partial charge in [0.05, 0.1) is 18.4 Å². The van der Waals surface area contributed by atoms with Gasteiger partial charge in [-0.05, 0) is 67.7 Å². The van der Waals surface area contributed by atoms with Gasteiger partial charge >= 0.3 is 0 Å². The molecule has 1 aliphatic rings. The van der Waals surface area contributed by atoms with Crippen molar-refractivity contribution in [2.75, 3.05) is 50.6 Å². The summed E-state index contributed by atoms with van der Waals surface area (Å²) in [6.07, 6.45) is 1.78. The summed E-state index contributed by atoms with van der Waals surface area (Å²) < 4.78 is 7.03. The highest BCUT2D eigenvalue weighted by molar-refractivity contribution is 6.08. The van der Waals surface area contributed by atoms with Crippen LogP contribution in [-0.4, -0.2) is 60.9 Å². The average molecular weight is 468 g/mol. The van der Waals surface area contributed by atoms with Crippen molar-refractivity contribution in [1.29, 1.82) is 0 Å². The number of carbonyl (C=O) groups is 1. The predicted octanol–water partition coefficient (Wildman–Crippen LogP) is 4.55. The Morgan fingerprint density at radius 1 is 0.857 bits per heavy atom.